The normalized spacial score (nSPS) is 15.0. The zero-order valence-corrected chi connectivity index (χ0v) is 8.15. The first kappa shape index (κ1) is 10.9. The molecule has 0 aromatic heterocycles. The van der Waals surface area contributed by atoms with E-state index in [2.05, 4.69) is 26.1 Å². The van der Waals surface area contributed by atoms with Crippen molar-refractivity contribution in [2.75, 3.05) is 13.7 Å². The topological polar surface area (TPSA) is 32.3 Å². The summed E-state index contributed by atoms with van der Waals surface area (Å²) in [5.41, 5.74) is 0.296. The molecule has 0 spiro atoms. The van der Waals surface area contributed by atoms with E-state index < -0.39 is 0 Å². The Morgan fingerprint density at radius 3 is 2.18 bits per heavy atom. The summed E-state index contributed by atoms with van der Waals surface area (Å²) in [5.74, 6) is 0. The Labute approximate surface area is 70.0 Å². The van der Waals surface area contributed by atoms with Crippen LogP contribution in [0.15, 0.2) is 0 Å². The van der Waals surface area contributed by atoms with E-state index in [4.69, 9.17) is 5.11 Å². The highest BCUT2D eigenvalue weighted by Crippen LogP contribution is 2.22. The molecule has 68 valence electrons. The molecule has 2 heteroatoms. The fourth-order valence-corrected chi connectivity index (χ4v) is 1.31. The molecule has 0 rings (SSSR count). The molecule has 0 aliphatic rings. The van der Waals surface area contributed by atoms with Crippen molar-refractivity contribution in [2.45, 2.75) is 39.7 Å². The zero-order chi connectivity index (χ0) is 8.91. The average molecular weight is 159 g/mol. The number of nitrogens with one attached hydrogen (secondary N) is 1. The molecule has 0 aliphatic carbocycles. The lowest BCUT2D eigenvalue weighted by Crippen LogP contribution is -2.38. The van der Waals surface area contributed by atoms with Gasteiger partial charge in [0, 0.05) is 12.6 Å². The largest absolute Gasteiger partial charge is 0.396 e. The molecule has 2 nitrogen and oxygen atoms in total. The van der Waals surface area contributed by atoms with Crippen LogP contribution in [0.4, 0.5) is 0 Å². The lowest BCUT2D eigenvalue weighted by atomic mass is 9.84. The molecule has 1 atom stereocenters. The van der Waals surface area contributed by atoms with Crippen LogP contribution in [0.25, 0.3) is 0 Å². The first-order valence-corrected chi connectivity index (χ1v) is 4.30. The lowest BCUT2D eigenvalue weighted by Gasteiger charge is -2.30. The van der Waals surface area contributed by atoms with E-state index in [1.165, 1.54) is 0 Å². The van der Waals surface area contributed by atoms with Crippen molar-refractivity contribution in [2.24, 2.45) is 5.41 Å². The van der Waals surface area contributed by atoms with E-state index in [9.17, 15) is 0 Å². The minimum atomic E-state index is 0.296. The van der Waals surface area contributed by atoms with E-state index in [0.29, 0.717) is 18.1 Å². The smallest absolute Gasteiger partial charge is 0.0431 e. The minimum absolute atomic E-state index is 0.296. The van der Waals surface area contributed by atoms with Crippen molar-refractivity contribution in [3.8, 4) is 0 Å². The van der Waals surface area contributed by atoms with Gasteiger partial charge in [-0.15, -0.1) is 0 Å². The van der Waals surface area contributed by atoms with Gasteiger partial charge in [0.15, 0.2) is 0 Å². The molecule has 2 N–H and O–H groups in total. The van der Waals surface area contributed by atoms with Crippen LogP contribution in [-0.2, 0) is 0 Å². The minimum Gasteiger partial charge on any atom is -0.396 e. The average Bonchev–Trinajstić information content (AvgIpc) is 1.87. The highest BCUT2D eigenvalue weighted by atomic mass is 16.2. The maximum absolute atomic E-state index is 8.65. The Balaban J connectivity index is 3.76. The Kier molecular flexibility index (Phi) is 4.69. The molecule has 11 heavy (non-hydrogen) atoms. The number of rotatable bonds is 4. The number of aliphatic hydroxyl groups is 1. The molecule has 0 amide bonds. The summed E-state index contributed by atoms with van der Waals surface area (Å²) in [7, 11) is 1.98. The molecular formula is C9H21NO. The SMILES string of the molecule is CNC(CCCO)C(C)(C)C. The Morgan fingerprint density at radius 1 is 1.36 bits per heavy atom. The van der Waals surface area contributed by atoms with E-state index in [1.807, 2.05) is 7.05 Å². The number of hydrogen-bond donors (Lipinski definition) is 2. The summed E-state index contributed by atoms with van der Waals surface area (Å²) in [4.78, 5) is 0. The van der Waals surface area contributed by atoms with E-state index in [1.54, 1.807) is 0 Å². The van der Waals surface area contributed by atoms with Crippen molar-refractivity contribution in [3.05, 3.63) is 0 Å². The molecule has 0 bridgehead atoms. The predicted octanol–water partition coefficient (Wildman–Crippen LogP) is 1.39. The highest BCUT2D eigenvalue weighted by molar-refractivity contribution is 4.78. The van der Waals surface area contributed by atoms with Gasteiger partial charge < -0.3 is 10.4 Å². The van der Waals surface area contributed by atoms with Gasteiger partial charge in [-0.3, -0.25) is 0 Å². The summed E-state index contributed by atoms with van der Waals surface area (Å²) in [6.07, 6.45) is 1.94. The lowest BCUT2D eigenvalue weighted by molar-refractivity contribution is 0.228. The van der Waals surface area contributed by atoms with Gasteiger partial charge in [0.1, 0.15) is 0 Å². The first-order chi connectivity index (χ1) is 5.02. The van der Waals surface area contributed by atoms with Gasteiger partial charge >= 0.3 is 0 Å². The maximum Gasteiger partial charge on any atom is 0.0431 e. The second kappa shape index (κ2) is 4.73. The molecule has 1 unspecified atom stereocenters. The third-order valence-electron chi connectivity index (χ3n) is 2.04. The zero-order valence-electron chi connectivity index (χ0n) is 8.15. The van der Waals surface area contributed by atoms with E-state index >= 15 is 0 Å². The van der Waals surface area contributed by atoms with Gasteiger partial charge in [0.05, 0.1) is 0 Å². The molecule has 0 aromatic rings. The van der Waals surface area contributed by atoms with Gasteiger partial charge in [-0.05, 0) is 25.3 Å². The fraction of sp³-hybridized carbons (Fsp3) is 1.00. The van der Waals surface area contributed by atoms with Crippen molar-refractivity contribution in [1.29, 1.82) is 0 Å². The molecular weight excluding hydrogens is 138 g/mol. The van der Waals surface area contributed by atoms with Crippen molar-refractivity contribution >= 4 is 0 Å². The summed E-state index contributed by atoms with van der Waals surface area (Å²) in [6, 6.07) is 0.509. The third kappa shape index (κ3) is 4.38. The monoisotopic (exact) mass is 159 g/mol. The van der Waals surface area contributed by atoms with Gasteiger partial charge in [0.2, 0.25) is 0 Å². The second-order valence-corrected chi connectivity index (χ2v) is 4.07. The quantitative estimate of drug-likeness (QED) is 0.649. The molecule has 0 heterocycles. The third-order valence-corrected chi connectivity index (χ3v) is 2.04. The summed E-state index contributed by atoms with van der Waals surface area (Å²) in [6.45, 7) is 6.94. The van der Waals surface area contributed by atoms with E-state index in [-0.39, 0.29) is 0 Å². The van der Waals surface area contributed by atoms with Crippen LogP contribution < -0.4 is 5.32 Å². The molecule has 0 aromatic carbocycles. The van der Waals surface area contributed by atoms with Crippen LogP contribution in [0.5, 0.6) is 0 Å². The molecule has 0 radical (unpaired) electrons. The number of hydrogen-bond acceptors (Lipinski definition) is 2. The van der Waals surface area contributed by atoms with Crippen LogP contribution in [0.1, 0.15) is 33.6 Å². The number of aliphatic hydroxyl groups excluding tert-OH is 1. The van der Waals surface area contributed by atoms with Gasteiger partial charge in [0.25, 0.3) is 0 Å². The van der Waals surface area contributed by atoms with Crippen molar-refractivity contribution in [3.63, 3.8) is 0 Å². The summed E-state index contributed by atoms with van der Waals surface area (Å²) < 4.78 is 0. The van der Waals surface area contributed by atoms with Gasteiger partial charge in [-0.2, -0.15) is 0 Å². The molecule has 0 saturated heterocycles. The Bertz CT molecular complexity index is 96.2. The van der Waals surface area contributed by atoms with Crippen LogP contribution in [0, 0.1) is 5.41 Å². The van der Waals surface area contributed by atoms with Crippen LogP contribution >= 0.6 is 0 Å². The maximum atomic E-state index is 8.65. The van der Waals surface area contributed by atoms with Gasteiger partial charge in [-0.25, -0.2) is 0 Å². The Morgan fingerprint density at radius 2 is 1.91 bits per heavy atom. The van der Waals surface area contributed by atoms with E-state index in [0.717, 1.165) is 12.8 Å². The summed E-state index contributed by atoms with van der Waals surface area (Å²) >= 11 is 0. The standard InChI is InChI=1S/C9H21NO/c1-9(2,3)8(10-4)6-5-7-11/h8,10-11H,5-7H2,1-4H3. The van der Waals surface area contributed by atoms with Crippen LogP contribution in [0.3, 0.4) is 0 Å². The second-order valence-electron chi connectivity index (χ2n) is 4.07. The fourth-order valence-electron chi connectivity index (χ4n) is 1.31. The predicted molar refractivity (Wildman–Crippen MR) is 48.6 cm³/mol. The molecule has 0 saturated carbocycles. The molecule has 0 fully saturated rings. The highest BCUT2D eigenvalue weighted by Gasteiger charge is 2.21. The van der Waals surface area contributed by atoms with Crippen molar-refractivity contribution in [1.82, 2.24) is 5.32 Å². The van der Waals surface area contributed by atoms with Crippen molar-refractivity contribution < 1.29 is 5.11 Å². The Hall–Kier alpha value is -0.0800. The van der Waals surface area contributed by atoms with Crippen LogP contribution in [-0.4, -0.2) is 24.8 Å². The summed E-state index contributed by atoms with van der Waals surface area (Å²) in [5, 5.41) is 11.9. The molecule has 0 aliphatic heterocycles. The van der Waals surface area contributed by atoms with Gasteiger partial charge in [-0.1, -0.05) is 20.8 Å². The first-order valence-electron chi connectivity index (χ1n) is 4.30. The van der Waals surface area contributed by atoms with Crippen LogP contribution in [0.2, 0.25) is 0 Å².